The van der Waals surface area contributed by atoms with Crippen molar-refractivity contribution in [1.29, 1.82) is 0 Å². The van der Waals surface area contributed by atoms with Gasteiger partial charge in [0.2, 0.25) is 0 Å². The zero-order valence-corrected chi connectivity index (χ0v) is 19.3. The first-order valence-electron chi connectivity index (χ1n) is 11.6. The lowest BCUT2D eigenvalue weighted by Gasteiger charge is -2.42. The van der Waals surface area contributed by atoms with Crippen molar-refractivity contribution in [2.45, 2.75) is 56.4 Å². The van der Waals surface area contributed by atoms with Crippen molar-refractivity contribution in [3.63, 3.8) is 0 Å². The Morgan fingerprint density at radius 1 is 0.917 bits per heavy atom. The maximum absolute atomic E-state index is 13.2. The number of nitrogens with one attached hydrogen (secondary N) is 2. The van der Waals surface area contributed by atoms with Crippen LogP contribution in [0.3, 0.4) is 0 Å². The van der Waals surface area contributed by atoms with Crippen LogP contribution in [-0.4, -0.2) is 33.2 Å². The predicted molar refractivity (Wildman–Crippen MR) is 121 cm³/mol. The van der Waals surface area contributed by atoms with E-state index in [1.165, 1.54) is 0 Å². The number of hydrogen-bond donors (Lipinski definition) is 2. The second-order valence-electron chi connectivity index (χ2n) is 9.31. The number of aromatic amines is 2. The number of benzene rings is 2. The average Bonchev–Trinajstić information content (AvgIpc) is 3.24. The summed E-state index contributed by atoms with van der Waals surface area (Å²) in [4.78, 5) is 16.1. The Balaban J connectivity index is 1.49. The fourth-order valence-electron chi connectivity index (χ4n) is 5.00. The summed E-state index contributed by atoms with van der Waals surface area (Å²) in [7, 11) is 0. The lowest BCUT2D eigenvalue weighted by Crippen LogP contribution is -2.42. The van der Waals surface area contributed by atoms with E-state index >= 15 is 0 Å². The van der Waals surface area contributed by atoms with Crippen molar-refractivity contribution < 1.29 is 26.3 Å². The minimum atomic E-state index is -4.85. The van der Waals surface area contributed by atoms with Gasteiger partial charge < -0.3 is 0 Å². The summed E-state index contributed by atoms with van der Waals surface area (Å²) in [5.41, 5.74) is -2.04. The average molecular weight is 512 g/mol. The van der Waals surface area contributed by atoms with E-state index in [4.69, 9.17) is 0 Å². The van der Waals surface area contributed by atoms with Crippen molar-refractivity contribution >= 4 is 0 Å². The van der Waals surface area contributed by atoms with Gasteiger partial charge in [-0.1, -0.05) is 30.3 Å². The molecule has 36 heavy (non-hydrogen) atoms. The quantitative estimate of drug-likeness (QED) is 0.400. The number of aromatic nitrogens is 3. The van der Waals surface area contributed by atoms with E-state index in [-0.39, 0.29) is 29.2 Å². The monoisotopic (exact) mass is 512 g/mol. The summed E-state index contributed by atoms with van der Waals surface area (Å²) in [6.45, 7) is 1.91. The summed E-state index contributed by atoms with van der Waals surface area (Å²) in [5, 5.41) is 6.28. The molecule has 194 valence electrons. The predicted octanol–water partition coefficient (Wildman–Crippen LogP) is 5.69. The molecule has 5 nitrogen and oxygen atoms in total. The van der Waals surface area contributed by atoms with Crippen LogP contribution in [0, 0.1) is 0 Å². The molecule has 1 aromatic heterocycles. The first-order valence-corrected chi connectivity index (χ1v) is 11.6. The highest BCUT2D eigenvalue weighted by Crippen LogP contribution is 2.41. The zero-order chi connectivity index (χ0) is 26.0. The van der Waals surface area contributed by atoms with Crippen LogP contribution in [0.1, 0.15) is 53.8 Å². The molecule has 0 saturated carbocycles. The van der Waals surface area contributed by atoms with Crippen LogP contribution in [0.25, 0.3) is 0 Å². The molecule has 0 aliphatic carbocycles. The second-order valence-corrected chi connectivity index (χ2v) is 9.31. The van der Waals surface area contributed by atoms with E-state index in [1.54, 1.807) is 0 Å². The maximum Gasteiger partial charge on any atom is 0.416 e. The molecule has 2 heterocycles. The molecule has 3 aromatic rings. The first kappa shape index (κ1) is 26.0. The van der Waals surface area contributed by atoms with Crippen LogP contribution in [0.2, 0.25) is 0 Å². The molecule has 2 N–H and O–H groups in total. The van der Waals surface area contributed by atoms with Crippen molar-refractivity contribution in [1.82, 2.24) is 20.1 Å². The van der Waals surface area contributed by atoms with E-state index in [1.807, 2.05) is 30.3 Å². The van der Waals surface area contributed by atoms with Gasteiger partial charge in [0, 0.05) is 0 Å². The van der Waals surface area contributed by atoms with Gasteiger partial charge >= 0.3 is 18.0 Å². The van der Waals surface area contributed by atoms with Gasteiger partial charge in [-0.25, -0.2) is 9.89 Å². The smallest absolute Gasteiger partial charge is 0.296 e. The van der Waals surface area contributed by atoms with Gasteiger partial charge in [-0.05, 0) is 79.9 Å². The number of rotatable bonds is 7. The van der Waals surface area contributed by atoms with Gasteiger partial charge in [-0.15, -0.1) is 0 Å². The van der Waals surface area contributed by atoms with Crippen molar-refractivity contribution in [3.8, 4) is 0 Å². The third-order valence-electron chi connectivity index (χ3n) is 6.89. The maximum atomic E-state index is 13.2. The fourth-order valence-corrected chi connectivity index (χ4v) is 5.00. The fraction of sp³-hybridized carbons (Fsp3) is 0.440. The van der Waals surface area contributed by atoms with Crippen molar-refractivity contribution in [3.05, 3.63) is 87.1 Å². The lowest BCUT2D eigenvalue weighted by atomic mass is 9.69. The van der Waals surface area contributed by atoms with E-state index in [2.05, 4.69) is 20.1 Å². The lowest BCUT2D eigenvalue weighted by molar-refractivity contribution is -0.143. The van der Waals surface area contributed by atoms with Crippen LogP contribution in [0.15, 0.2) is 53.3 Å². The van der Waals surface area contributed by atoms with Crippen molar-refractivity contribution in [2.75, 3.05) is 13.1 Å². The number of nitrogens with zero attached hydrogens (tertiary/aromatic N) is 2. The molecule has 2 aromatic carbocycles. The molecular weight excluding hydrogens is 486 g/mol. The molecule has 4 rings (SSSR count). The third-order valence-corrected chi connectivity index (χ3v) is 6.89. The van der Waals surface area contributed by atoms with Crippen LogP contribution in [0.4, 0.5) is 26.3 Å². The molecule has 0 spiro atoms. The highest BCUT2D eigenvalue weighted by molar-refractivity contribution is 5.34. The summed E-state index contributed by atoms with van der Waals surface area (Å²) in [6, 6.07) is 11.6. The summed E-state index contributed by atoms with van der Waals surface area (Å²) in [6.07, 6.45) is -6.99. The summed E-state index contributed by atoms with van der Waals surface area (Å²) >= 11 is 0. The Bertz CT molecular complexity index is 1180. The summed E-state index contributed by atoms with van der Waals surface area (Å²) in [5.74, 6) is 0.539. The number of piperidine rings is 1. The van der Waals surface area contributed by atoms with Crippen LogP contribution >= 0.6 is 0 Å². The molecule has 0 bridgehead atoms. The van der Waals surface area contributed by atoms with E-state index in [0.29, 0.717) is 38.3 Å². The Morgan fingerprint density at radius 3 is 2.06 bits per heavy atom. The zero-order valence-electron chi connectivity index (χ0n) is 19.3. The Morgan fingerprint density at radius 2 is 1.53 bits per heavy atom. The Hall–Kier alpha value is -3.08. The molecule has 1 saturated heterocycles. The molecule has 1 aliphatic heterocycles. The minimum absolute atomic E-state index is 0.0280. The third kappa shape index (κ3) is 6.18. The van der Waals surface area contributed by atoms with Gasteiger partial charge in [-0.3, -0.25) is 9.88 Å². The topological polar surface area (TPSA) is 64.8 Å². The van der Waals surface area contributed by atoms with Gasteiger partial charge in [-0.2, -0.15) is 31.4 Å². The molecule has 0 radical (unpaired) electrons. The van der Waals surface area contributed by atoms with Gasteiger partial charge in [0.15, 0.2) is 0 Å². The minimum Gasteiger partial charge on any atom is -0.296 e. The SMILES string of the molecule is O=c1[nH]nc(CN2CCC(CCCc3cc(C(F)(F)F)cc(C(F)(F)F)c3)(c3ccccc3)CC2)[nH]1. The van der Waals surface area contributed by atoms with Crippen LogP contribution < -0.4 is 5.69 Å². The molecule has 11 heteroatoms. The highest BCUT2D eigenvalue weighted by atomic mass is 19.4. The second kappa shape index (κ2) is 10.1. The number of aryl methyl sites for hydroxylation is 1. The van der Waals surface area contributed by atoms with Gasteiger partial charge in [0.1, 0.15) is 5.82 Å². The number of halogens is 6. The number of hydrogen-bond acceptors (Lipinski definition) is 3. The number of alkyl halides is 6. The summed E-state index contributed by atoms with van der Waals surface area (Å²) < 4.78 is 79.4. The Labute approximate surface area is 203 Å². The number of H-pyrrole nitrogens is 2. The molecule has 0 unspecified atom stereocenters. The molecule has 0 atom stereocenters. The highest BCUT2D eigenvalue weighted by Gasteiger charge is 2.38. The van der Waals surface area contributed by atoms with E-state index in [0.717, 1.165) is 30.5 Å². The number of likely N-dealkylation sites (tertiary alicyclic amines) is 1. The van der Waals surface area contributed by atoms with Crippen LogP contribution in [-0.2, 0) is 30.7 Å². The normalized spacial score (nSPS) is 16.8. The first-order chi connectivity index (χ1) is 16.9. The van der Waals surface area contributed by atoms with E-state index < -0.39 is 23.5 Å². The van der Waals surface area contributed by atoms with Gasteiger partial charge in [0.05, 0.1) is 17.7 Å². The van der Waals surface area contributed by atoms with Crippen molar-refractivity contribution in [2.24, 2.45) is 0 Å². The molecule has 1 fully saturated rings. The Kier molecular flexibility index (Phi) is 7.31. The molecule has 1 aliphatic rings. The standard InChI is InChI=1S/C25H26F6N4O/c26-24(27,28)19-13-17(14-20(15-19)25(29,30)31)5-4-8-23(18-6-2-1-3-7-18)9-11-35(12-10-23)16-21-32-22(36)34-33-21/h1-3,6-7,13-15H,4-5,8-12,16H2,(H2,32,33,34,36). The van der Waals surface area contributed by atoms with Crippen LogP contribution in [0.5, 0.6) is 0 Å². The molecular formula is C25H26F6N4O. The van der Waals surface area contributed by atoms with E-state index in [9.17, 15) is 31.1 Å². The molecule has 0 amide bonds. The van der Waals surface area contributed by atoms with Gasteiger partial charge in [0.25, 0.3) is 0 Å². The largest absolute Gasteiger partial charge is 0.416 e.